The fourth-order valence-corrected chi connectivity index (χ4v) is 1.03. The molecule has 0 saturated carbocycles. The lowest BCUT2D eigenvalue weighted by atomic mass is 10.1. The van der Waals surface area contributed by atoms with E-state index in [1.165, 1.54) is 0 Å². The Morgan fingerprint density at radius 2 is 2.15 bits per heavy atom. The minimum absolute atomic E-state index is 0.259. The van der Waals surface area contributed by atoms with Crippen molar-refractivity contribution in [3.05, 3.63) is 0 Å². The van der Waals surface area contributed by atoms with Gasteiger partial charge in [-0.05, 0) is 19.4 Å². The van der Waals surface area contributed by atoms with Gasteiger partial charge in [0.25, 0.3) is 0 Å². The highest BCUT2D eigenvalue weighted by molar-refractivity contribution is 14.1. The zero-order valence-electron chi connectivity index (χ0n) is 7.12. The van der Waals surface area contributed by atoms with Crippen molar-refractivity contribution >= 4 is 34.5 Å². The van der Waals surface area contributed by atoms with Crippen molar-refractivity contribution in [2.24, 2.45) is 5.73 Å². The second-order valence-electron chi connectivity index (χ2n) is 2.52. The van der Waals surface area contributed by atoms with Crippen molar-refractivity contribution in [2.45, 2.75) is 18.9 Å². The molecule has 0 radical (unpaired) electrons. The fourth-order valence-electron chi connectivity index (χ4n) is 0.812. The van der Waals surface area contributed by atoms with E-state index >= 15 is 0 Å². The summed E-state index contributed by atoms with van der Waals surface area (Å²) in [4.78, 5) is 21.5. The number of carbonyl (C=O) groups is 2. The van der Waals surface area contributed by atoms with Crippen LogP contribution in [-0.2, 0) is 9.59 Å². The smallest absolute Gasteiger partial charge is 0.326 e. The number of amides is 1. The molecule has 0 rings (SSSR count). The maximum atomic E-state index is 10.9. The van der Waals surface area contributed by atoms with Gasteiger partial charge in [0.1, 0.15) is 6.04 Å². The standard InChI is InChI=1S/C7H13IN2O3/c8-4-6(11)10-5(7(12)13)2-1-3-9/h5H,1-4,9H2,(H,10,11)(H,12,13). The maximum absolute atomic E-state index is 10.9. The Morgan fingerprint density at radius 3 is 2.54 bits per heavy atom. The highest BCUT2D eigenvalue weighted by atomic mass is 127. The van der Waals surface area contributed by atoms with Crippen LogP contribution in [0.3, 0.4) is 0 Å². The predicted octanol–water partition coefficient (Wildman–Crippen LogP) is -0.270. The third-order valence-corrected chi connectivity index (χ3v) is 2.14. The van der Waals surface area contributed by atoms with Crippen LogP contribution in [0.1, 0.15) is 12.8 Å². The number of nitrogens with two attached hydrogens (primary N) is 1. The van der Waals surface area contributed by atoms with Gasteiger partial charge in [-0.3, -0.25) is 4.79 Å². The van der Waals surface area contributed by atoms with Gasteiger partial charge < -0.3 is 16.2 Å². The Bertz CT molecular complexity index is 187. The van der Waals surface area contributed by atoms with Gasteiger partial charge in [0.05, 0.1) is 4.43 Å². The molecule has 5 nitrogen and oxygen atoms in total. The third kappa shape index (κ3) is 5.81. The molecule has 0 bridgehead atoms. The Kier molecular flexibility index (Phi) is 6.87. The van der Waals surface area contributed by atoms with Crippen LogP contribution in [0, 0.1) is 0 Å². The lowest BCUT2D eigenvalue weighted by Crippen LogP contribution is -2.41. The molecule has 1 amide bonds. The molecular weight excluding hydrogens is 287 g/mol. The SMILES string of the molecule is NCCCC(NC(=O)CI)C(=O)O. The van der Waals surface area contributed by atoms with Gasteiger partial charge in [0.2, 0.25) is 5.91 Å². The van der Waals surface area contributed by atoms with E-state index in [0.717, 1.165) is 0 Å². The molecule has 13 heavy (non-hydrogen) atoms. The van der Waals surface area contributed by atoms with Crippen LogP contribution in [0.2, 0.25) is 0 Å². The molecule has 1 atom stereocenters. The molecule has 0 aliphatic heterocycles. The largest absolute Gasteiger partial charge is 0.480 e. The third-order valence-electron chi connectivity index (χ3n) is 1.45. The van der Waals surface area contributed by atoms with Crippen molar-refractivity contribution in [2.75, 3.05) is 11.0 Å². The number of halogens is 1. The lowest BCUT2D eigenvalue weighted by molar-refractivity contribution is -0.141. The first-order chi connectivity index (χ1) is 6.11. The summed E-state index contributed by atoms with van der Waals surface area (Å²) < 4.78 is 0.268. The number of rotatable bonds is 6. The molecular formula is C7H13IN2O3. The van der Waals surface area contributed by atoms with Crippen molar-refractivity contribution < 1.29 is 14.7 Å². The normalized spacial score (nSPS) is 12.2. The van der Waals surface area contributed by atoms with Gasteiger partial charge in [-0.1, -0.05) is 22.6 Å². The van der Waals surface area contributed by atoms with E-state index in [1.54, 1.807) is 0 Å². The molecule has 0 saturated heterocycles. The number of carboxylic acid groups (broad SMARTS) is 1. The Labute approximate surface area is 90.2 Å². The van der Waals surface area contributed by atoms with Gasteiger partial charge >= 0.3 is 5.97 Å². The van der Waals surface area contributed by atoms with Crippen LogP contribution in [0.25, 0.3) is 0 Å². The summed E-state index contributed by atoms with van der Waals surface area (Å²) in [5.74, 6) is -1.27. The first-order valence-corrected chi connectivity index (χ1v) is 5.42. The number of hydrogen-bond donors (Lipinski definition) is 3. The van der Waals surface area contributed by atoms with E-state index < -0.39 is 12.0 Å². The zero-order chi connectivity index (χ0) is 10.3. The van der Waals surface area contributed by atoms with Crippen molar-refractivity contribution in [3.63, 3.8) is 0 Å². The molecule has 0 aliphatic rings. The zero-order valence-corrected chi connectivity index (χ0v) is 9.28. The molecule has 1 unspecified atom stereocenters. The summed E-state index contributed by atoms with van der Waals surface area (Å²) in [5, 5.41) is 11.1. The van der Waals surface area contributed by atoms with E-state index in [1.807, 2.05) is 22.6 Å². The number of aliphatic carboxylic acids is 1. The van der Waals surface area contributed by atoms with Gasteiger partial charge in [-0.15, -0.1) is 0 Å². The Balaban J connectivity index is 3.94. The average molecular weight is 300 g/mol. The van der Waals surface area contributed by atoms with Crippen molar-refractivity contribution in [1.82, 2.24) is 5.32 Å². The summed E-state index contributed by atoms with van der Waals surface area (Å²) in [6.45, 7) is 0.434. The first-order valence-electron chi connectivity index (χ1n) is 3.90. The number of nitrogens with one attached hydrogen (secondary N) is 1. The molecule has 0 spiro atoms. The minimum atomic E-state index is -1.01. The van der Waals surface area contributed by atoms with Crippen molar-refractivity contribution in [1.29, 1.82) is 0 Å². The average Bonchev–Trinajstić information content (AvgIpc) is 2.11. The molecule has 0 heterocycles. The second-order valence-corrected chi connectivity index (χ2v) is 3.29. The molecule has 0 aliphatic carbocycles. The number of carbonyl (C=O) groups excluding carboxylic acids is 1. The second kappa shape index (κ2) is 7.07. The van der Waals surface area contributed by atoms with E-state index in [-0.39, 0.29) is 10.3 Å². The molecule has 6 heteroatoms. The minimum Gasteiger partial charge on any atom is -0.480 e. The van der Waals surface area contributed by atoms with Crippen LogP contribution in [0.5, 0.6) is 0 Å². The number of carboxylic acids is 1. The van der Waals surface area contributed by atoms with E-state index in [4.69, 9.17) is 10.8 Å². The van der Waals surface area contributed by atoms with Gasteiger partial charge in [0.15, 0.2) is 0 Å². The van der Waals surface area contributed by atoms with Gasteiger partial charge in [-0.2, -0.15) is 0 Å². The van der Waals surface area contributed by atoms with E-state index in [2.05, 4.69) is 5.32 Å². The summed E-state index contributed by atoms with van der Waals surface area (Å²) in [6.07, 6.45) is 0.979. The van der Waals surface area contributed by atoms with Gasteiger partial charge in [-0.25, -0.2) is 4.79 Å². The Hall–Kier alpha value is -0.370. The highest BCUT2D eigenvalue weighted by Crippen LogP contribution is 1.97. The predicted molar refractivity (Wildman–Crippen MR) is 56.7 cm³/mol. The number of hydrogen-bond acceptors (Lipinski definition) is 3. The Morgan fingerprint density at radius 1 is 1.54 bits per heavy atom. The topological polar surface area (TPSA) is 92.4 Å². The number of alkyl halides is 1. The first kappa shape index (κ1) is 12.6. The maximum Gasteiger partial charge on any atom is 0.326 e. The molecule has 0 aromatic heterocycles. The van der Waals surface area contributed by atoms with Crippen LogP contribution in [0.4, 0.5) is 0 Å². The fraction of sp³-hybridized carbons (Fsp3) is 0.714. The van der Waals surface area contributed by atoms with Gasteiger partial charge in [0, 0.05) is 0 Å². The summed E-state index contributed by atoms with van der Waals surface area (Å²) in [5.41, 5.74) is 5.23. The molecule has 0 aromatic rings. The molecule has 0 aromatic carbocycles. The van der Waals surface area contributed by atoms with Crippen LogP contribution >= 0.6 is 22.6 Å². The summed E-state index contributed by atoms with van der Waals surface area (Å²) in [6, 6.07) is -0.800. The van der Waals surface area contributed by atoms with Crippen LogP contribution in [-0.4, -0.2) is 34.0 Å². The molecule has 4 N–H and O–H groups in total. The summed E-state index contributed by atoms with van der Waals surface area (Å²) >= 11 is 1.88. The molecule has 76 valence electrons. The monoisotopic (exact) mass is 300 g/mol. The highest BCUT2D eigenvalue weighted by Gasteiger charge is 2.18. The van der Waals surface area contributed by atoms with Crippen LogP contribution < -0.4 is 11.1 Å². The lowest BCUT2D eigenvalue weighted by Gasteiger charge is -2.12. The van der Waals surface area contributed by atoms with Crippen molar-refractivity contribution in [3.8, 4) is 0 Å². The summed E-state index contributed by atoms with van der Waals surface area (Å²) in [7, 11) is 0. The van der Waals surface area contributed by atoms with E-state index in [0.29, 0.717) is 19.4 Å². The quantitative estimate of drug-likeness (QED) is 0.465. The molecule has 0 fully saturated rings. The van der Waals surface area contributed by atoms with Crippen LogP contribution in [0.15, 0.2) is 0 Å². The van der Waals surface area contributed by atoms with E-state index in [9.17, 15) is 9.59 Å².